The Morgan fingerprint density at radius 1 is 0.160 bits per heavy atom. The first-order valence-corrected chi connectivity index (χ1v) is 50.4. The fourth-order valence-corrected chi connectivity index (χ4v) is 26.4. The van der Waals surface area contributed by atoms with Crippen molar-refractivity contribution in [2.45, 2.75) is 57.8 Å². The Morgan fingerprint density at radius 2 is 0.431 bits per heavy atom. The average molecular weight is 1840 g/mol. The maximum absolute atomic E-state index is 5.78. The summed E-state index contributed by atoms with van der Waals surface area (Å²) in [6.07, 6.45) is 0. The molecule has 6 aromatic heterocycles. The maximum atomic E-state index is 5.78. The molecule has 0 unspecified atom stereocenters. The summed E-state index contributed by atoms with van der Waals surface area (Å²) in [5, 5.41) is 14.4. The van der Waals surface area contributed by atoms with E-state index in [-0.39, 0.29) is 16.2 Å². The van der Waals surface area contributed by atoms with Crippen LogP contribution in [0.2, 0.25) is 0 Å². The second-order valence-electron chi connectivity index (χ2n) is 41.8. The molecule has 27 aromatic rings. The van der Waals surface area contributed by atoms with Crippen molar-refractivity contribution in [1.29, 1.82) is 0 Å². The molecule has 21 aromatic carbocycles. The molecule has 144 heavy (non-hydrogen) atoms. The molecule has 7 nitrogen and oxygen atoms in total. The standard InChI is InChI=1S/C137H91N7/c1-135(2)114-42-17-10-33-95(114)98-58-55-91(77-117(98)135)142-121-46-21-14-37-102(121)109-72-82(50-64-125(109)142)81-49-63-124-108(71-81)101-36-13-20-45-120(101)140(124)89-31-24-29-87(69-89)94-61-62-106-130-105(94)40-26-41-107(130)133-131(106)132(138-134(139-133)80-27-8-7-9-28-80)88-30-25-32-90(70-88)141-128-67-53-85(83-51-65-126-110(73-83)103-38-15-22-47-122(103)143(126)92-56-59-99-96-34-11-18-43-115(96)136(3,4)118(99)78-92)75-112(128)113-76-86(54-68-129(113)141)84-52-66-127-111(74-84)104-39-16-23-48-123(104)144(127)93-57-60-100-97-35-12-19-44-116(97)137(5,6)119(100)79-93/h7-79H,1-6H3. The Balaban J connectivity index is 0.527. The van der Waals surface area contributed by atoms with E-state index in [0.717, 1.165) is 122 Å². The lowest BCUT2D eigenvalue weighted by molar-refractivity contribution is 0.660. The van der Waals surface area contributed by atoms with Crippen LogP contribution in [0.15, 0.2) is 443 Å². The Hall–Kier alpha value is -18.0. The quantitative estimate of drug-likeness (QED) is 0.130. The third-order valence-corrected chi connectivity index (χ3v) is 33.2. The largest absolute Gasteiger partial charge is 0.309 e. The van der Waals surface area contributed by atoms with Gasteiger partial charge >= 0.3 is 0 Å². The zero-order chi connectivity index (χ0) is 95.2. The van der Waals surface area contributed by atoms with Gasteiger partial charge in [-0.15, -0.1) is 0 Å². The number of rotatable bonds is 11. The minimum atomic E-state index is -0.141. The molecule has 0 bridgehead atoms. The van der Waals surface area contributed by atoms with E-state index in [4.69, 9.17) is 9.97 Å². The van der Waals surface area contributed by atoms with E-state index in [2.05, 4.69) is 507 Å². The fraction of sp³-hybridized carbons (Fsp3) is 0.0657. The molecule has 4 aliphatic rings. The van der Waals surface area contributed by atoms with Gasteiger partial charge in [0.2, 0.25) is 0 Å². The topological polar surface area (TPSA) is 50.4 Å². The highest BCUT2D eigenvalue weighted by atomic mass is 15.0. The van der Waals surface area contributed by atoms with Crippen LogP contribution in [0.25, 0.3) is 271 Å². The molecule has 0 atom stereocenters. The summed E-state index contributed by atoms with van der Waals surface area (Å²) < 4.78 is 12.4. The maximum Gasteiger partial charge on any atom is 0.160 e. The molecule has 0 amide bonds. The van der Waals surface area contributed by atoms with Crippen LogP contribution < -0.4 is 0 Å². The summed E-state index contributed by atoms with van der Waals surface area (Å²) in [5.74, 6) is 0.678. The van der Waals surface area contributed by atoms with Crippen LogP contribution in [0.1, 0.15) is 74.9 Å². The van der Waals surface area contributed by atoms with Gasteiger partial charge in [0.15, 0.2) is 5.82 Å². The Morgan fingerprint density at radius 3 is 0.819 bits per heavy atom. The fourth-order valence-electron chi connectivity index (χ4n) is 26.4. The number of para-hydroxylation sites is 4. The van der Waals surface area contributed by atoms with Gasteiger partial charge in [-0.3, -0.25) is 0 Å². The number of aromatic nitrogens is 7. The third-order valence-electron chi connectivity index (χ3n) is 33.2. The minimum Gasteiger partial charge on any atom is -0.309 e. The van der Waals surface area contributed by atoms with Crippen molar-refractivity contribution in [3.05, 3.63) is 476 Å². The van der Waals surface area contributed by atoms with E-state index >= 15 is 0 Å². The van der Waals surface area contributed by atoms with Crippen LogP contribution in [0, 0.1) is 0 Å². The summed E-state index contributed by atoms with van der Waals surface area (Å²) in [6, 6.07) is 167. The molecule has 31 rings (SSSR count). The molecule has 0 saturated carbocycles. The normalized spacial score (nSPS) is 13.8. The van der Waals surface area contributed by atoms with E-state index in [9.17, 15) is 0 Å². The highest BCUT2D eigenvalue weighted by Crippen LogP contribution is 2.58. The first kappa shape index (κ1) is 80.9. The number of hydrogen-bond donors (Lipinski definition) is 0. The summed E-state index contributed by atoms with van der Waals surface area (Å²) >= 11 is 0. The van der Waals surface area contributed by atoms with Crippen molar-refractivity contribution in [1.82, 2.24) is 32.8 Å². The van der Waals surface area contributed by atoms with Crippen molar-refractivity contribution in [3.8, 4) is 151 Å². The molecule has 0 saturated heterocycles. The highest BCUT2D eigenvalue weighted by molar-refractivity contribution is 6.22. The monoisotopic (exact) mass is 1830 g/mol. The lowest BCUT2D eigenvalue weighted by Crippen LogP contribution is -2.15. The predicted octanol–water partition coefficient (Wildman–Crippen LogP) is 35.7. The Labute approximate surface area is 832 Å². The number of benzene rings is 21. The van der Waals surface area contributed by atoms with E-state index in [0.29, 0.717) is 5.82 Å². The van der Waals surface area contributed by atoms with Crippen LogP contribution in [0.4, 0.5) is 0 Å². The second-order valence-corrected chi connectivity index (χ2v) is 41.8. The zero-order valence-electron chi connectivity index (χ0n) is 80.3. The van der Waals surface area contributed by atoms with E-state index in [1.54, 1.807) is 0 Å². The van der Waals surface area contributed by atoms with Crippen LogP contribution >= 0.6 is 0 Å². The van der Waals surface area contributed by atoms with Gasteiger partial charge in [0.1, 0.15) is 0 Å². The first-order chi connectivity index (χ1) is 70.7. The van der Waals surface area contributed by atoms with E-state index in [1.807, 2.05) is 0 Å². The Bertz CT molecular complexity index is 10100. The molecule has 6 heterocycles. The predicted molar refractivity (Wildman–Crippen MR) is 601 cm³/mol. The van der Waals surface area contributed by atoms with Gasteiger partial charge in [-0.05, 0) is 285 Å². The summed E-state index contributed by atoms with van der Waals surface area (Å²) in [4.78, 5) is 11.5. The van der Waals surface area contributed by atoms with Crippen molar-refractivity contribution < 1.29 is 0 Å². The van der Waals surface area contributed by atoms with Crippen molar-refractivity contribution in [3.63, 3.8) is 0 Å². The van der Waals surface area contributed by atoms with Crippen molar-refractivity contribution in [2.75, 3.05) is 0 Å². The molecule has 0 radical (unpaired) electrons. The summed E-state index contributed by atoms with van der Waals surface area (Å²) in [6.45, 7) is 14.2. The number of nitrogens with zero attached hydrogens (tertiary/aromatic N) is 7. The zero-order valence-corrected chi connectivity index (χ0v) is 80.3. The molecular formula is C137H91N7. The molecule has 7 heteroatoms. The van der Waals surface area contributed by atoms with Gasteiger partial charge in [-0.25, -0.2) is 9.97 Å². The van der Waals surface area contributed by atoms with Crippen LogP contribution in [-0.4, -0.2) is 32.8 Å². The van der Waals surface area contributed by atoms with Gasteiger partial charge in [-0.2, -0.15) is 0 Å². The second kappa shape index (κ2) is 29.5. The van der Waals surface area contributed by atoms with Gasteiger partial charge in [0.05, 0.1) is 66.6 Å². The van der Waals surface area contributed by atoms with Gasteiger partial charge in [0.25, 0.3) is 0 Å². The smallest absolute Gasteiger partial charge is 0.160 e. The number of hydrogen-bond acceptors (Lipinski definition) is 2. The summed E-state index contributed by atoms with van der Waals surface area (Å²) in [5.41, 5.74) is 49.3. The van der Waals surface area contributed by atoms with Crippen LogP contribution in [-0.2, 0) is 16.2 Å². The molecule has 4 aliphatic carbocycles. The highest BCUT2D eigenvalue weighted by Gasteiger charge is 2.40. The van der Waals surface area contributed by atoms with Gasteiger partial charge in [-0.1, -0.05) is 327 Å². The summed E-state index contributed by atoms with van der Waals surface area (Å²) in [7, 11) is 0. The molecule has 0 fully saturated rings. The molecule has 0 N–H and O–H groups in total. The van der Waals surface area contributed by atoms with Crippen molar-refractivity contribution in [2.24, 2.45) is 0 Å². The van der Waals surface area contributed by atoms with E-state index in [1.165, 1.54) is 177 Å². The van der Waals surface area contributed by atoms with Crippen molar-refractivity contribution >= 4 is 120 Å². The lowest BCUT2D eigenvalue weighted by atomic mass is 9.82. The molecule has 0 spiro atoms. The average Bonchev–Trinajstić information content (AvgIpc) is 1.56. The Kier molecular flexibility index (Phi) is 16.6. The molecule has 0 aliphatic heterocycles. The van der Waals surface area contributed by atoms with Crippen LogP contribution in [0.5, 0.6) is 0 Å². The minimum absolute atomic E-state index is 0.113. The third kappa shape index (κ3) is 11.3. The molecule has 674 valence electrons. The molecular weight excluding hydrogens is 1740 g/mol. The lowest BCUT2D eigenvalue weighted by Gasteiger charge is -2.22. The van der Waals surface area contributed by atoms with Crippen LogP contribution in [0.3, 0.4) is 0 Å². The number of fused-ring (bicyclic) bond motifs is 27. The first-order valence-electron chi connectivity index (χ1n) is 50.4. The van der Waals surface area contributed by atoms with Gasteiger partial charge in [0, 0.05) is 121 Å². The SMILES string of the molecule is CC1(C)c2ccccc2-c2ccc(-n3c4ccccc4c4cc(-c5ccc6c(c5)c5ccccc5n6-c5cccc(-c6ccc7c8c(cccc68)-c6nc(-c8ccccc8)nc(-c8cccc(-n9c%10ccc(-c%11ccc%12c(c%11)c%11ccccc%11n%12-c%11ccc%12c(c%11)C(C)(C)c%11ccccc%11-%12)cc%10c%10cc(-c%11ccc%12c(c%11)c%11ccccc%11n%12-c%11ccc%12c(c%11)C(C)(C)c%11ccccc%11-%12)ccc%109)c8)c6-7)c5)ccc43)cc21. The van der Waals surface area contributed by atoms with Gasteiger partial charge < -0.3 is 22.8 Å². The van der Waals surface area contributed by atoms with E-state index < -0.39 is 0 Å².